The van der Waals surface area contributed by atoms with E-state index in [1.807, 2.05) is 16.8 Å². The van der Waals surface area contributed by atoms with Crippen molar-refractivity contribution < 1.29 is 4.79 Å². The summed E-state index contributed by atoms with van der Waals surface area (Å²) in [6, 6.07) is 1.84. The second-order valence-electron chi connectivity index (χ2n) is 3.09. The van der Waals surface area contributed by atoms with Crippen LogP contribution in [0.3, 0.4) is 0 Å². The van der Waals surface area contributed by atoms with Crippen molar-refractivity contribution in [2.45, 2.75) is 6.04 Å². The monoisotopic (exact) mass is 196 g/mol. The molecule has 1 unspecified atom stereocenters. The third-order valence-corrected chi connectivity index (χ3v) is 2.85. The molecule has 1 aromatic rings. The zero-order chi connectivity index (χ0) is 9.10. The molecule has 1 aliphatic rings. The van der Waals surface area contributed by atoms with Crippen LogP contribution in [-0.4, -0.2) is 31.5 Å². The van der Waals surface area contributed by atoms with Crippen molar-refractivity contribution in [3.63, 3.8) is 0 Å². The summed E-state index contributed by atoms with van der Waals surface area (Å²) in [6.45, 7) is 2.57. The third kappa shape index (κ3) is 1.96. The van der Waals surface area contributed by atoms with E-state index >= 15 is 0 Å². The normalized spacial score (nSPS) is 22.9. The number of nitrogens with one attached hydrogen (secondary N) is 2. The van der Waals surface area contributed by atoms with Gasteiger partial charge in [-0.05, 0) is 11.4 Å². The van der Waals surface area contributed by atoms with Gasteiger partial charge in [-0.1, -0.05) is 0 Å². The molecule has 0 amide bonds. The lowest BCUT2D eigenvalue weighted by atomic mass is 10.1. The second kappa shape index (κ2) is 4.00. The third-order valence-electron chi connectivity index (χ3n) is 2.16. The van der Waals surface area contributed by atoms with E-state index in [1.165, 1.54) is 0 Å². The first kappa shape index (κ1) is 8.87. The molecule has 70 valence electrons. The van der Waals surface area contributed by atoms with Crippen molar-refractivity contribution in [2.75, 3.05) is 19.6 Å². The molecule has 2 heterocycles. The largest absolute Gasteiger partial charge is 0.313 e. The topological polar surface area (TPSA) is 41.1 Å². The van der Waals surface area contributed by atoms with Gasteiger partial charge in [0.25, 0.3) is 0 Å². The van der Waals surface area contributed by atoms with E-state index < -0.39 is 0 Å². The highest BCUT2D eigenvalue weighted by atomic mass is 32.1. The Morgan fingerprint density at radius 3 is 3.08 bits per heavy atom. The van der Waals surface area contributed by atoms with Crippen molar-refractivity contribution in [3.05, 3.63) is 22.4 Å². The lowest BCUT2D eigenvalue weighted by Crippen LogP contribution is -2.52. The summed E-state index contributed by atoms with van der Waals surface area (Å²) in [4.78, 5) is 11.8. The summed E-state index contributed by atoms with van der Waals surface area (Å²) in [7, 11) is 0. The summed E-state index contributed by atoms with van der Waals surface area (Å²) < 4.78 is 0. The molecule has 13 heavy (non-hydrogen) atoms. The maximum atomic E-state index is 11.8. The second-order valence-corrected chi connectivity index (χ2v) is 3.87. The highest BCUT2D eigenvalue weighted by Crippen LogP contribution is 2.09. The van der Waals surface area contributed by atoms with E-state index in [0.717, 1.165) is 25.2 Å². The number of piperazine rings is 1. The van der Waals surface area contributed by atoms with Gasteiger partial charge < -0.3 is 10.6 Å². The quantitative estimate of drug-likeness (QED) is 0.676. The Hall–Kier alpha value is -0.710. The lowest BCUT2D eigenvalue weighted by molar-refractivity contribution is 0.0935. The molecule has 1 aliphatic heterocycles. The van der Waals surface area contributed by atoms with Crippen molar-refractivity contribution >= 4 is 17.1 Å². The van der Waals surface area contributed by atoms with Gasteiger partial charge in [0.15, 0.2) is 5.78 Å². The zero-order valence-electron chi connectivity index (χ0n) is 7.25. The van der Waals surface area contributed by atoms with Gasteiger partial charge in [-0.3, -0.25) is 4.79 Å². The van der Waals surface area contributed by atoms with Gasteiger partial charge >= 0.3 is 0 Å². The number of carbonyl (C=O) groups is 1. The molecule has 1 fully saturated rings. The molecule has 0 saturated carbocycles. The number of hydrogen-bond acceptors (Lipinski definition) is 4. The molecule has 0 aromatic carbocycles. The van der Waals surface area contributed by atoms with Crippen LogP contribution in [0.25, 0.3) is 0 Å². The number of carbonyl (C=O) groups excluding carboxylic acids is 1. The standard InChI is InChI=1S/C9H12N2OS/c12-9(7-1-4-13-6-7)8-5-10-2-3-11-8/h1,4,6,8,10-11H,2-3,5H2. The van der Waals surface area contributed by atoms with Gasteiger partial charge in [-0.2, -0.15) is 11.3 Å². The van der Waals surface area contributed by atoms with Gasteiger partial charge in [-0.25, -0.2) is 0 Å². The minimum absolute atomic E-state index is 0.0386. The van der Waals surface area contributed by atoms with Crippen LogP contribution in [0.1, 0.15) is 10.4 Å². The predicted octanol–water partition coefficient (Wildman–Crippen LogP) is 0.492. The maximum Gasteiger partial charge on any atom is 0.181 e. The average Bonchev–Trinajstić information content (AvgIpc) is 2.71. The van der Waals surface area contributed by atoms with Crippen molar-refractivity contribution in [2.24, 2.45) is 0 Å². The first-order valence-electron chi connectivity index (χ1n) is 4.38. The molecule has 1 aromatic heterocycles. The SMILES string of the molecule is O=C(c1ccsc1)C1CNCCN1. The first-order valence-corrected chi connectivity index (χ1v) is 5.33. The number of rotatable bonds is 2. The number of hydrogen-bond donors (Lipinski definition) is 2. The Labute approximate surface area is 81.2 Å². The number of thiophene rings is 1. The van der Waals surface area contributed by atoms with Crippen LogP contribution in [0.15, 0.2) is 16.8 Å². The van der Waals surface area contributed by atoms with Gasteiger partial charge in [0.05, 0.1) is 6.04 Å². The lowest BCUT2D eigenvalue weighted by Gasteiger charge is -2.22. The van der Waals surface area contributed by atoms with Crippen LogP contribution in [0, 0.1) is 0 Å². The van der Waals surface area contributed by atoms with Crippen molar-refractivity contribution in [1.29, 1.82) is 0 Å². The maximum absolute atomic E-state index is 11.8. The Morgan fingerprint density at radius 2 is 2.46 bits per heavy atom. The molecular formula is C9H12N2OS. The molecule has 2 N–H and O–H groups in total. The first-order chi connectivity index (χ1) is 6.38. The molecule has 0 radical (unpaired) electrons. The zero-order valence-corrected chi connectivity index (χ0v) is 8.06. The molecule has 1 atom stereocenters. The summed E-state index contributed by atoms with van der Waals surface area (Å²) in [6.07, 6.45) is 0. The Kier molecular flexibility index (Phi) is 2.73. The fourth-order valence-electron chi connectivity index (χ4n) is 1.44. The van der Waals surface area contributed by atoms with Gasteiger partial charge in [-0.15, -0.1) is 0 Å². The van der Waals surface area contributed by atoms with E-state index in [-0.39, 0.29) is 11.8 Å². The molecule has 3 nitrogen and oxygen atoms in total. The predicted molar refractivity (Wildman–Crippen MR) is 53.3 cm³/mol. The summed E-state index contributed by atoms with van der Waals surface area (Å²) in [5.41, 5.74) is 0.825. The van der Waals surface area contributed by atoms with E-state index in [9.17, 15) is 4.79 Å². The molecule has 1 saturated heterocycles. The summed E-state index contributed by atoms with van der Waals surface area (Å²) >= 11 is 1.56. The van der Waals surface area contributed by atoms with Crippen LogP contribution in [-0.2, 0) is 0 Å². The minimum atomic E-state index is -0.0386. The fraction of sp³-hybridized carbons (Fsp3) is 0.444. The summed E-state index contributed by atoms with van der Waals surface area (Å²) in [5, 5.41) is 10.2. The fourth-order valence-corrected chi connectivity index (χ4v) is 2.09. The smallest absolute Gasteiger partial charge is 0.181 e. The van der Waals surface area contributed by atoms with Gasteiger partial charge in [0, 0.05) is 30.6 Å². The average molecular weight is 196 g/mol. The van der Waals surface area contributed by atoms with Gasteiger partial charge in [0.1, 0.15) is 0 Å². The number of ketones is 1. The molecule has 0 aliphatic carbocycles. The molecule has 2 rings (SSSR count). The molecule has 0 spiro atoms. The minimum Gasteiger partial charge on any atom is -0.313 e. The van der Waals surface area contributed by atoms with Gasteiger partial charge in [0.2, 0.25) is 0 Å². The van der Waals surface area contributed by atoms with Crippen molar-refractivity contribution in [1.82, 2.24) is 10.6 Å². The van der Waals surface area contributed by atoms with Crippen LogP contribution in [0.5, 0.6) is 0 Å². The van der Waals surface area contributed by atoms with E-state index in [4.69, 9.17) is 0 Å². The van der Waals surface area contributed by atoms with Crippen LogP contribution >= 0.6 is 11.3 Å². The molecule has 0 bridgehead atoms. The Morgan fingerprint density at radius 1 is 1.54 bits per heavy atom. The van der Waals surface area contributed by atoms with E-state index in [0.29, 0.717) is 0 Å². The Bertz CT molecular complexity index is 278. The number of Topliss-reactive ketones (excluding diaryl/α,β-unsaturated/α-hetero) is 1. The van der Waals surface area contributed by atoms with Crippen LogP contribution < -0.4 is 10.6 Å². The van der Waals surface area contributed by atoms with Crippen LogP contribution in [0.4, 0.5) is 0 Å². The van der Waals surface area contributed by atoms with Crippen LogP contribution in [0.2, 0.25) is 0 Å². The summed E-state index contributed by atoms with van der Waals surface area (Å²) in [5.74, 6) is 0.202. The molecular weight excluding hydrogens is 184 g/mol. The van der Waals surface area contributed by atoms with E-state index in [1.54, 1.807) is 11.3 Å². The van der Waals surface area contributed by atoms with E-state index in [2.05, 4.69) is 10.6 Å². The Balaban J connectivity index is 2.04. The highest BCUT2D eigenvalue weighted by molar-refractivity contribution is 7.08. The molecule has 4 heteroatoms. The highest BCUT2D eigenvalue weighted by Gasteiger charge is 2.21. The van der Waals surface area contributed by atoms with Crippen molar-refractivity contribution in [3.8, 4) is 0 Å².